The van der Waals surface area contributed by atoms with E-state index in [1.807, 2.05) is 48.5 Å². The van der Waals surface area contributed by atoms with Gasteiger partial charge in [0.2, 0.25) is 0 Å². The molecule has 1 N–H and O–H groups in total. The monoisotopic (exact) mass is 322 g/mol. The summed E-state index contributed by atoms with van der Waals surface area (Å²) >= 11 is 0. The number of fused-ring (bicyclic) bond motifs is 2. The molecule has 122 valence electrons. The number of rotatable bonds is 6. The van der Waals surface area contributed by atoms with E-state index in [-0.39, 0.29) is 0 Å². The summed E-state index contributed by atoms with van der Waals surface area (Å²) in [7, 11) is 0. The zero-order chi connectivity index (χ0) is 16.4. The molecule has 4 aromatic rings. The van der Waals surface area contributed by atoms with E-state index in [2.05, 4.69) is 27.1 Å². The van der Waals surface area contributed by atoms with Gasteiger partial charge in [0.25, 0.3) is 12.0 Å². The number of nitrogens with zero attached hydrogens (tertiary/aromatic N) is 3. The molecule has 0 aliphatic rings. The Morgan fingerprint density at radius 2 is 1.58 bits per heavy atom. The molecule has 4 rings (SSSR count). The van der Waals surface area contributed by atoms with E-state index in [0.29, 0.717) is 18.6 Å². The first-order chi connectivity index (χ1) is 11.8. The third-order valence-corrected chi connectivity index (χ3v) is 3.89. The highest BCUT2D eigenvalue weighted by Crippen LogP contribution is 2.21. The molecule has 0 spiro atoms. The van der Waals surface area contributed by atoms with Gasteiger partial charge in [-0.3, -0.25) is 0 Å². The number of aromatic nitrogens is 2. The molecule has 0 atom stereocenters. The van der Waals surface area contributed by atoms with Gasteiger partial charge in [-0.2, -0.15) is 9.97 Å². The summed E-state index contributed by atoms with van der Waals surface area (Å²) in [6.45, 7) is 4.30. The van der Waals surface area contributed by atoms with Crippen LogP contribution in [0.3, 0.4) is 0 Å². The largest absolute Gasteiger partial charge is 0.424 e. The second-order valence-electron chi connectivity index (χ2n) is 5.46. The number of oxazole rings is 2. The lowest BCUT2D eigenvalue weighted by Gasteiger charge is -2.17. The van der Waals surface area contributed by atoms with E-state index >= 15 is 0 Å². The molecule has 0 amide bonds. The topological polar surface area (TPSA) is 67.3 Å². The summed E-state index contributed by atoms with van der Waals surface area (Å²) in [4.78, 5) is 11.0. The molecule has 2 heterocycles. The molecular formula is C18H18N4O2. The molecular weight excluding hydrogens is 304 g/mol. The molecule has 0 aliphatic carbocycles. The number of hydrogen-bond donors (Lipinski definition) is 1. The molecule has 6 heteroatoms. The Bertz CT molecular complexity index is 894. The number of hydrogen-bond acceptors (Lipinski definition) is 6. The van der Waals surface area contributed by atoms with Crippen LogP contribution in [0, 0.1) is 0 Å². The molecule has 0 aliphatic heterocycles. The maximum absolute atomic E-state index is 5.82. The van der Waals surface area contributed by atoms with Crippen LogP contribution in [0.1, 0.15) is 6.92 Å². The first kappa shape index (κ1) is 14.6. The van der Waals surface area contributed by atoms with E-state index in [1.54, 1.807) is 0 Å². The van der Waals surface area contributed by atoms with Gasteiger partial charge in [0.15, 0.2) is 11.2 Å². The average Bonchev–Trinajstić information content (AvgIpc) is 3.21. The van der Waals surface area contributed by atoms with Crippen LogP contribution >= 0.6 is 0 Å². The van der Waals surface area contributed by atoms with Crippen molar-refractivity contribution in [3.05, 3.63) is 48.5 Å². The minimum Gasteiger partial charge on any atom is -0.424 e. The molecule has 0 unspecified atom stereocenters. The minimum atomic E-state index is 0.532. The van der Waals surface area contributed by atoms with Gasteiger partial charge >= 0.3 is 0 Å². The van der Waals surface area contributed by atoms with E-state index in [0.717, 1.165) is 35.3 Å². The lowest BCUT2D eigenvalue weighted by atomic mass is 10.3. The Hall–Kier alpha value is -3.02. The van der Waals surface area contributed by atoms with Crippen molar-refractivity contribution >= 4 is 34.2 Å². The van der Waals surface area contributed by atoms with Crippen LogP contribution in [-0.2, 0) is 0 Å². The smallest absolute Gasteiger partial charge is 0.298 e. The van der Waals surface area contributed by atoms with Gasteiger partial charge in [0.05, 0.1) is 0 Å². The highest BCUT2D eigenvalue weighted by atomic mass is 16.4. The highest BCUT2D eigenvalue weighted by Gasteiger charge is 2.12. The SMILES string of the molecule is CCN(CCNc1nc2ccccc2o1)c1nc2ccccc2o1. The Kier molecular flexibility index (Phi) is 3.78. The van der Waals surface area contributed by atoms with Crippen LogP contribution in [0.15, 0.2) is 57.4 Å². The fourth-order valence-electron chi connectivity index (χ4n) is 2.63. The van der Waals surface area contributed by atoms with Gasteiger partial charge in [0.1, 0.15) is 11.0 Å². The van der Waals surface area contributed by atoms with Crippen molar-refractivity contribution in [2.24, 2.45) is 0 Å². The zero-order valence-electron chi connectivity index (χ0n) is 13.4. The van der Waals surface area contributed by atoms with Crippen LogP contribution in [0.25, 0.3) is 22.2 Å². The standard InChI is InChI=1S/C18H18N4O2/c1-2-22(18-21-14-8-4-6-10-16(14)24-18)12-11-19-17-20-13-7-3-5-9-15(13)23-17/h3-10H,2,11-12H2,1H3,(H,19,20). The lowest BCUT2D eigenvalue weighted by Crippen LogP contribution is -2.29. The van der Waals surface area contributed by atoms with Crippen molar-refractivity contribution in [2.75, 3.05) is 29.9 Å². The van der Waals surface area contributed by atoms with E-state index in [1.165, 1.54) is 0 Å². The van der Waals surface area contributed by atoms with Gasteiger partial charge < -0.3 is 19.1 Å². The second-order valence-corrected chi connectivity index (χ2v) is 5.46. The van der Waals surface area contributed by atoms with E-state index < -0.39 is 0 Å². The molecule has 0 radical (unpaired) electrons. The molecule has 0 fully saturated rings. The molecule has 24 heavy (non-hydrogen) atoms. The number of benzene rings is 2. The van der Waals surface area contributed by atoms with Gasteiger partial charge in [0, 0.05) is 19.6 Å². The first-order valence-electron chi connectivity index (χ1n) is 8.03. The third-order valence-electron chi connectivity index (χ3n) is 3.89. The molecule has 2 aromatic heterocycles. The number of anilines is 2. The van der Waals surface area contributed by atoms with E-state index in [9.17, 15) is 0 Å². The fourth-order valence-corrected chi connectivity index (χ4v) is 2.63. The Balaban J connectivity index is 1.43. The first-order valence-corrected chi connectivity index (χ1v) is 8.03. The van der Waals surface area contributed by atoms with Gasteiger partial charge in [-0.25, -0.2) is 0 Å². The van der Waals surface area contributed by atoms with Crippen molar-refractivity contribution in [1.29, 1.82) is 0 Å². The Morgan fingerprint density at radius 1 is 0.917 bits per heavy atom. The van der Waals surface area contributed by atoms with Gasteiger partial charge in [-0.05, 0) is 31.2 Å². The van der Waals surface area contributed by atoms with E-state index in [4.69, 9.17) is 8.83 Å². The van der Waals surface area contributed by atoms with Crippen LogP contribution < -0.4 is 10.2 Å². The summed E-state index contributed by atoms with van der Waals surface area (Å²) in [6.07, 6.45) is 0. The quantitative estimate of drug-likeness (QED) is 0.580. The van der Waals surface area contributed by atoms with Crippen molar-refractivity contribution in [2.45, 2.75) is 6.92 Å². The van der Waals surface area contributed by atoms with Crippen molar-refractivity contribution < 1.29 is 8.83 Å². The minimum absolute atomic E-state index is 0.532. The predicted molar refractivity (Wildman–Crippen MR) is 94.4 cm³/mol. The van der Waals surface area contributed by atoms with Crippen molar-refractivity contribution in [1.82, 2.24) is 9.97 Å². The second kappa shape index (κ2) is 6.23. The Morgan fingerprint density at radius 3 is 2.25 bits per heavy atom. The fraction of sp³-hybridized carbons (Fsp3) is 0.222. The van der Waals surface area contributed by atoms with Crippen molar-refractivity contribution in [3.63, 3.8) is 0 Å². The summed E-state index contributed by atoms with van der Waals surface area (Å²) in [5.74, 6) is 0. The molecule has 6 nitrogen and oxygen atoms in total. The maximum atomic E-state index is 5.82. The van der Waals surface area contributed by atoms with Crippen molar-refractivity contribution in [3.8, 4) is 0 Å². The normalized spacial score (nSPS) is 11.2. The summed E-state index contributed by atoms with van der Waals surface area (Å²) in [5, 5.41) is 3.21. The van der Waals surface area contributed by atoms with Crippen LogP contribution in [-0.4, -0.2) is 29.6 Å². The molecule has 0 saturated heterocycles. The van der Waals surface area contributed by atoms with Crippen LogP contribution in [0.5, 0.6) is 0 Å². The number of para-hydroxylation sites is 4. The Labute approximate surface area is 139 Å². The zero-order valence-corrected chi connectivity index (χ0v) is 13.4. The summed E-state index contributed by atoms with van der Waals surface area (Å²) < 4.78 is 11.5. The average molecular weight is 322 g/mol. The maximum Gasteiger partial charge on any atom is 0.298 e. The summed E-state index contributed by atoms with van der Waals surface area (Å²) in [6, 6.07) is 16.7. The lowest BCUT2D eigenvalue weighted by molar-refractivity contribution is 0.570. The van der Waals surface area contributed by atoms with Crippen LogP contribution in [0.4, 0.5) is 12.0 Å². The van der Waals surface area contributed by atoms with Gasteiger partial charge in [-0.15, -0.1) is 0 Å². The summed E-state index contributed by atoms with van der Waals surface area (Å²) in [5.41, 5.74) is 3.31. The molecule has 0 saturated carbocycles. The third kappa shape index (κ3) is 2.78. The highest BCUT2D eigenvalue weighted by molar-refractivity contribution is 5.75. The number of nitrogens with one attached hydrogen (secondary N) is 1. The predicted octanol–water partition coefficient (Wildman–Crippen LogP) is 3.91. The van der Waals surface area contributed by atoms with Gasteiger partial charge in [-0.1, -0.05) is 24.3 Å². The van der Waals surface area contributed by atoms with Crippen LogP contribution in [0.2, 0.25) is 0 Å². The number of likely N-dealkylation sites (N-methyl/N-ethyl adjacent to an activating group) is 1. The molecule has 2 aromatic carbocycles. The molecule has 0 bridgehead atoms.